The molecule has 0 fully saturated rings. The van der Waals surface area contributed by atoms with Crippen LogP contribution in [-0.2, 0) is 37.3 Å². The van der Waals surface area contributed by atoms with Gasteiger partial charge in [-0.1, -0.05) is 181 Å². The SMILES string of the molecule is [2H]c1c([2H])c([2H])c2c(c1[2H])-c1cccc(-c3c(C([2H])([2H])[2H])cccc3C([2H])([2H])[2H])c1-[n+]1[c-]n(-c3[c-]c(Oc4[c-]c5c(cc4)c4ccccc4n5-c4cc(C(C)(C)C)ccn4)ccc3)c3cc(-c4c([2H])c([2H])c5c(c4[2H])C(C([2H])([2H])[2H])(C([2H])([2H])[2H])C([2H])([2H])C([2H])([2H])C5(C([2H])([2H])[2H])C([2H])([2H])[2H])cc(c31)-c1c([2H])c([2H])c([2H])c([2H])c1-2.[Pt]. The van der Waals surface area contributed by atoms with Gasteiger partial charge in [0.25, 0.3) is 6.33 Å². The molecule has 12 aromatic rings. The molecular formula is C74H62N4OPt-2. The minimum atomic E-state index is -4.77. The molecule has 5 nitrogen and oxygen atoms in total. The summed E-state index contributed by atoms with van der Waals surface area (Å²) in [4.78, 5) is 4.78. The molecule has 2 aliphatic rings. The number of benzene rings is 9. The molecule has 4 heterocycles. The van der Waals surface area contributed by atoms with Crippen LogP contribution in [0.2, 0.25) is 0 Å². The van der Waals surface area contributed by atoms with Gasteiger partial charge in [0.15, 0.2) is 0 Å². The molecule has 9 aromatic carbocycles. The summed E-state index contributed by atoms with van der Waals surface area (Å²) in [6.07, 6.45) is -4.56. The molecule has 14 rings (SSSR count). The number of para-hydroxylation sites is 2. The summed E-state index contributed by atoms with van der Waals surface area (Å²) in [5.74, 6) is 0.551. The molecule has 0 spiro atoms. The molecule has 0 saturated heterocycles. The van der Waals surface area contributed by atoms with E-state index < -0.39 is 198 Å². The molecule has 0 bridgehead atoms. The van der Waals surface area contributed by atoms with Crippen molar-refractivity contribution in [2.24, 2.45) is 0 Å². The summed E-state index contributed by atoms with van der Waals surface area (Å²) < 4.78 is 319. The molecule has 3 aromatic heterocycles. The maximum Gasteiger partial charge on any atom is 0.268 e. The van der Waals surface area contributed by atoms with E-state index in [4.69, 9.17) is 34.4 Å². The van der Waals surface area contributed by atoms with Gasteiger partial charge in [-0.2, -0.15) is 18.2 Å². The van der Waals surface area contributed by atoms with Crippen LogP contribution in [0.3, 0.4) is 0 Å². The van der Waals surface area contributed by atoms with Crippen molar-refractivity contribution in [2.75, 3.05) is 0 Å². The van der Waals surface area contributed by atoms with Gasteiger partial charge >= 0.3 is 0 Å². The molecule has 0 unspecified atom stereocenters. The first-order chi connectivity index (χ1) is 51.7. The van der Waals surface area contributed by atoms with Crippen LogP contribution >= 0.6 is 0 Å². The van der Waals surface area contributed by atoms with E-state index in [2.05, 4.69) is 39.2 Å². The molecule has 396 valence electrons. The third-order valence-corrected chi connectivity index (χ3v) is 14.4. The Kier molecular flexibility index (Phi) is 6.29. The first-order valence-electron chi connectivity index (χ1n) is 41.5. The molecule has 6 heteroatoms. The molecule has 0 saturated carbocycles. The summed E-state index contributed by atoms with van der Waals surface area (Å²) in [7, 11) is 0. The van der Waals surface area contributed by atoms with Crippen LogP contribution < -0.4 is 9.30 Å². The topological polar surface area (TPSA) is 35.9 Å². The van der Waals surface area contributed by atoms with E-state index in [1.54, 1.807) is 12.3 Å². The number of aromatic nitrogens is 4. The number of imidazole rings is 1. The standard InChI is InChI=1S/C74H62N4O.Pt/c1-46-19-16-20-47(2)69(46)61-29-18-28-60-56-25-12-10-23-54(56)55-24-11-13-26-57(55)62-39-49(48-31-34-63-64(40-48)74(8,9)37-36-73(63,6)7)41-67-71(62)77(70(60)61)45-76(67)51-21-17-22-52(43-51)79-53-32-33-59-58-27-14-15-30-65(58)78(66(59)44-53)68-42-50(35-38-75-68)72(3,4)5;/h10-35,38-42H,36-37H2,1-9H3;/q-2;/i1D3,2D3,6D3,7D3,8D3,9D3,10D,11D,12D,13D,23D,24D,25D,26D,31D,34D,36D2,37D2,40D;. The number of pyridine rings is 1. The van der Waals surface area contributed by atoms with Gasteiger partial charge in [-0.05, 0) is 161 Å². The average Bonchev–Trinajstić information content (AvgIpc) is 1.15. The van der Waals surface area contributed by atoms with Gasteiger partial charge in [0.2, 0.25) is 0 Å². The number of rotatable bonds is 6. The van der Waals surface area contributed by atoms with Crippen molar-refractivity contribution in [3.05, 3.63) is 234 Å². The molecule has 0 radical (unpaired) electrons. The normalized spacial score (nSPS) is 22.3. The largest absolute Gasteiger partial charge is 0.510 e. The monoisotopic (exact) mass is 1250 g/mol. The van der Waals surface area contributed by atoms with E-state index in [1.807, 2.05) is 47.0 Å². The Balaban J connectivity index is 0.0000112. The second-order valence-corrected chi connectivity index (χ2v) is 20.4. The zero-order valence-electron chi connectivity index (χ0n) is 75.6. The van der Waals surface area contributed by atoms with E-state index in [9.17, 15) is 20.6 Å². The quantitative estimate of drug-likeness (QED) is 0.123. The second-order valence-electron chi connectivity index (χ2n) is 20.4. The number of hydrogen-bond acceptors (Lipinski definition) is 2. The van der Waals surface area contributed by atoms with Crippen LogP contribution in [0, 0.1) is 32.2 Å². The van der Waals surface area contributed by atoms with Gasteiger partial charge in [-0.15, -0.1) is 29.7 Å². The summed E-state index contributed by atoms with van der Waals surface area (Å²) in [5, 5.41) is 1.58. The van der Waals surface area contributed by atoms with Crippen molar-refractivity contribution in [3.63, 3.8) is 0 Å². The van der Waals surface area contributed by atoms with E-state index in [1.165, 1.54) is 47.0 Å². The Morgan fingerprint density at radius 3 is 2.04 bits per heavy atom. The summed E-state index contributed by atoms with van der Waals surface area (Å²) in [6, 6.07) is 22.7. The van der Waals surface area contributed by atoms with Gasteiger partial charge < -0.3 is 13.9 Å². The van der Waals surface area contributed by atoms with Crippen molar-refractivity contribution < 1.29 is 75.6 Å². The van der Waals surface area contributed by atoms with Gasteiger partial charge in [0.05, 0.1) is 31.8 Å². The first kappa shape index (κ1) is 26.4. The van der Waals surface area contributed by atoms with Crippen LogP contribution in [0.4, 0.5) is 0 Å². The maximum absolute atomic E-state index is 10.4. The predicted octanol–water partition coefficient (Wildman–Crippen LogP) is 18.5. The van der Waals surface area contributed by atoms with Gasteiger partial charge in [0.1, 0.15) is 5.82 Å². The molecule has 0 N–H and O–H groups in total. The smallest absolute Gasteiger partial charge is 0.268 e. The molecule has 0 atom stereocenters. The summed E-state index contributed by atoms with van der Waals surface area (Å²) in [5.41, 5.74) is -19.5. The third kappa shape index (κ3) is 8.30. The van der Waals surface area contributed by atoms with Crippen LogP contribution in [0.25, 0.3) is 106 Å². The molecule has 80 heavy (non-hydrogen) atoms. The van der Waals surface area contributed by atoms with Gasteiger partial charge in [0, 0.05) is 74.4 Å². The van der Waals surface area contributed by atoms with Crippen molar-refractivity contribution in [3.8, 4) is 84.3 Å². The van der Waals surface area contributed by atoms with Crippen molar-refractivity contribution in [1.29, 1.82) is 0 Å². The Bertz CT molecular complexity index is 5990. The number of nitrogens with zero attached hydrogens (tertiary/aromatic N) is 4. The number of hydrogen-bond donors (Lipinski definition) is 0. The van der Waals surface area contributed by atoms with Crippen molar-refractivity contribution >= 4 is 32.8 Å². The van der Waals surface area contributed by atoms with E-state index >= 15 is 0 Å². The van der Waals surface area contributed by atoms with Crippen LogP contribution in [0.15, 0.2) is 188 Å². The summed E-state index contributed by atoms with van der Waals surface area (Å²) >= 11 is 0. The van der Waals surface area contributed by atoms with Crippen LogP contribution in [0.5, 0.6) is 11.5 Å². The Hall–Kier alpha value is -8.11. The van der Waals surface area contributed by atoms with Crippen molar-refractivity contribution in [1.82, 2.24) is 14.1 Å². The van der Waals surface area contributed by atoms with E-state index in [0.717, 1.165) is 50.7 Å². The molecule has 1 aliphatic heterocycles. The number of aryl methyl sites for hydroxylation is 2. The molecule has 1 aliphatic carbocycles. The Morgan fingerprint density at radius 1 is 0.625 bits per heavy atom. The van der Waals surface area contributed by atoms with Gasteiger partial charge in [-0.25, -0.2) is 4.98 Å². The zero-order valence-corrected chi connectivity index (χ0v) is 44.8. The van der Waals surface area contributed by atoms with Crippen LogP contribution in [0.1, 0.15) is 134 Å². The average molecular weight is 1250 g/mol. The molecule has 0 amide bonds. The minimum Gasteiger partial charge on any atom is -0.510 e. The van der Waals surface area contributed by atoms with Crippen LogP contribution in [-0.4, -0.2) is 14.1 Å². The fraction of sp³-hybridized carbons (Fsp3) is 0.189. The fourth-order valence-corrected chi connectivity index (χ4v) is 10.7. The van der Waals surface area contributed by atoms with E-state index in [-0.39, 0.29) is 71.5 Å². The number of ether oxygens (including phenoxy) is 1. The maximum atomic E-state index is 10.4. The second kappa shape index (κ2) is 19.0. The fourth-order valence-electron chi connectivity index (χ4n) is 10.7. The molecular weight excluding hydrogens is 1160 g/mol. The number of fused-ring (bicyclic) bond motifs is 11. The predicted molar refractivity (Wildman–Crippen MR) is 324 cm³/mol. The van der Waals surface area contributed by atoms with E-state index in [0.29, 0.717) is 11.3 Å². The first-order valence-corrected chi connectivity index (χ1v) is 25.0. The Labute approximate surface area is 530 Å². The summed E-state index contributed by atoms with van der Waals surface area (Å²) in [6.45, 7) is -18.1. The Morgan fingerprint density at radius 2 is 1.30 bits per heavy atom. The zero-order chi connectivity index (χ0) is 82.3. The third-order valence-electron chi connectivity index (χ3n) is 14.4. The van der Waals surface area contributed by atoms with Gasteiger partial charge in [-0.3, -0.25) is 4.57 Å². The van der Waals surface area contributed by atoms with Crippen molar-refractivity contribution in [2.45, 2.75) is 90.9 Å². The minimum absolute atomic E-state index is 0.